The van der Waals surface area contributed by atoms with Crippen molar-refractivity contribution in [3.05, 3.63) is 71.5 Å². The molecule has 0 aromatic heterocycles. The fourth-order valence-corrected chi connectivity index (χ4v) is 1.66. The van der Waals surface area contributed by atoms with E-state index in [4.69, 9.17) is 0 Å². The third kappa shape index (κ3) is 3.91. The normalized spacial score (nSPS) is 9.85. The molecule has 2 aromatic carbocycles. The molecule has 0 aliphatic heterocycles. The van der Waals surface area contributed by atoms with Gasteiger partial charge >= 0.3 is 0 Å². The van der Waals surface area contributed by atoms with Crippen LogP contribution in [-0.2, 0) is 11.2 Å². The van der Waals surface area contributed by atoms with Gasteiger partial charge in [-0.05, 0) is 29.8 Å². The predicted molar refractivity (Wildman–Crippen MR) is 72.2 cm³/mol. The van der Waals surface area contributed by atoms with Gasteiger partial charge < -0.3 is 0 Å². The average Bonchev–Trinajstić information content (AvgIpc) is 2.46. The summed E-state index contributed by atoms with van der Waals surface area (Å²) in [5, 5.41) is 0. The van der Waals surface area contributed by atoms with Crippen LogP contribution in [0.1, 0.15) is 15.9 Å². The summed E-state index contributed by atoms with van der Waals surface area (Å²) in [7, 11) is 0. The summed E-state index contributed by atoms with van der Waals surface area (Å²) >= 11 is 0. The second-order valence-corrected chi connectivity index (χ2v) is 4.18. The fourth-order valence-electron chi connectivity index (χ4n) is 1.66. The summed E-state index contributed by atoms with van der Waals surface area (Å²) < 4.78 is 13.0. The monoisotopic (exact) mass is 272 g/mol. The molecule has 20 heavy (non-hydrogen) atoms. The van der Waals surface area contributed by atoms with Gasteiger partial charge in [-0.15, -0.1) is 0 Å². The molecule has 0 aliphatic carbocycles. The van der Waals surface area contributed by atoms with E-state index in [1.54, 1.807) is 36.4 Å². The highest BCUT2D eigenvalue weighted by atomic mass is 19.1. The number of amides is 2. The van der Waals surface area contributed by atoms with Crippen molar-refractivity contribution in [1.82, 2.24) is 10.9 Å². The minimum absolute atomic E-state index is 0.00711. The van der Waals surface area contributed by atoms with Crippen LogP contribution < -0.4 is 10.9 Å². The van der Waals surface area contributed by atoms with Crippen LogP contribution in [0.25, 0.3) is 0 Å². The lowest BCUT2D eigenvalue weighted by Crippen LogP contribution is -2.42. The molecule has 2 aromatic rings. The molecule has 4 nitrogen and oxygen atoms in total. The maximum Gasteiger partial charge on any atom is 0.269 e. The maximum absolute atomic E-state index is 13.0. The Morgan fingerprint density at radius 2 is 1.70 bits per heavy atom. The molecular formula is C15H13FN2O2. The van der Waals surface area contributed by atoms with Crippen LogP contribution in [0.15, 0.2) is 54.6 Å². The largest absolute Gasteiger partial charge is 0.273 e. The van der Waals surface area contributed by atoms with Crippen molar-refractivity contribution in [2.24, 2.45) is 0 Å². The first-order chi connectivity index (χ1) is 9.65. The lowest BCUT2D eigenvalue weighted by atomic mass is 10.1. The summed E-state index contributed by atoms with van der Waals surface area (Å²) in [6.07, 6.45) is -0.00711. The fraction of sp³-hybridized carbons (Fsp3) is 0.0667. The molecule has 0 saturated heterocycles. The third-order valence-electron chi connectivity index (χ3n) is 2.61. The van der Waals surface area contributed by atoms with Crippen molar-refractivity contribution < 1.29 is 14.0 Å². The lowest BCUT2D eigenvalue weighted by Gasteiger charge is -2.07. The van der Waals surface area contributed by atoms with Gasteiger partial charge in [-0.2, -0.15) is 0 Å². The third-order valence-corrected chi connectivity index (χ3v) is 2.61. The van der Waals surface area contributed by atoms with Gasteiger partial charge in [0.05, 0.1) is 6.42 Å². The van der Waals surface area contributed by atoms with Crippen molar-refractivity contribution in [3.63, 3.8) is 0 Å². The van der Waals surface area contributed by atoms with Crippen molar-refractivity contribution in [2.75, 3.05) is 0 Å². The molecule has 2 N–H and O–H groups in total. The van der Waals surface area contributed by atoms with E-state index in [2.05, 4.69) is 10.9 Å². The standard InChI is InChI=1S/C15H13FN2O2/c16-13-8-4-5-11(9-13)10-14(19)17-18-15(20)12-6-2-1-3-7-12/h1-9H,10H2,(H,17,19)(H,18,20). The number of nitrogens with one attached hydrogen (secondary N) is 2. The Morgan fingerprint density at radius 1 is 0.950 bits per heavy atom. The van der Waals surface area contributed by atoms with Gasteiger partial charge in [-0.1, -0.05) is 30.3 Å². The Balaban J connectivity index is 1.85. The van der Waals surface area contributed by atoms with Crippen molar-refractivity contribution >= 4 is 11.8 Å². The van der Waals surface area contributed by atoms with E-state index in [0.717, 1.165) is 0 Å². The van der Waals surface area contributed by atoms with E-state index in [9.17, 15) is 14.0 Å². The van der Waals surface area contributed by atoms with Crippen molar-refractivity contribution in [2.45, 2.75) is 6.42 Å². The topological polar surface area (TPSA) is 58.2 Å². The molecule has 0 atom stereocenters. The number of hydrogen-bond acceptors (Lipinski definition) is 2. The summed E-state index contributed by atoms with van der Waals surface area (Å²) in [4.78, 5) is 23.3. The Morgan fingerprint density at radius 3 is 2.40 bits per heavy atom. The number of benzene rings is 2. The second kappa shape index (κ2) is 6.47. The zero-order valence-electron chi connectivity index (χ0n) is 10.6. The van der Waals surface area contributed by atoms with E-state index in [0.29, 0.717) is 11.1 Å². The van der Waals surface area contributed by atoms with E-state index in [-0.39, 0.29) is 6.42 Å². The maximum atomic E-state index is 13.0. The number of hydrogen-bond donors (Lipinski definition) is 2. The molecule has 0 fully saturated rings. The van der Waals surface area contributed by atoms with Gasteiger partial charge in [-0.25, -0.2) is 4.39 Å². The van der Waals surface area contributed by atoms with E-state index < -0.39 is 17.6 Å². The van der Waals surface area contributed by atoms with E-state index in [1.807, 2.05) is 0 Å². The zero-order valence-corrected chi connectivity index (χ0v) is 10.6. The minimum Gasteiger partial charge on any atom is -0.273 e. The first kappa shape index (κ1) is 13.7. The van der Waals surface area contributed by atoms with Gasteiger partial charge in [0.25, 0.3) is 5.91 Å². The SMILES string of the molecule is O=C(Cc1cccc(F)c1)NNC(=O)c1ccccc1. The molecule has 2 rings (SSSR count). The van der Waals surface area contributed by atoms with Crippen molar-refractivity contribution in [3.8, 4) is 0 Å². The van der Waals surface area contributed by atoms with E-state index in [1.165, 1.54) is 18.2 Å². The van der Waals surface area contributed by atoms with Gasteiger partial charge in [0, 0.05) is 5.56 Å². The summed E-state index contributed by atoms with van der Waals surface area (Å²) in [6.45, 7) is 0. The number of halogens is 1. The Labute approximate surface area is 115 Å². The molecule has 102 valence electrons. The molecule has 0 radical (unpaired) electrons. The molecule has 0 heterocycles. The predicted octanol–water partition coefficient (Wildman–Crippen LogP) is 1.83. The second-order valence-electron chi connectivity index (χ2n) is 4.18. The van der Waals surface area contributed by atoms with E-state index >= 15 is 0 Å². The highest BCUT2D eigenvalue weighted by Crippen LogP contribution is 2.04. The highest BCUT2D eigenvalue weighted by Gasteiger charge is 2.07. The Hall–Kier alpha value is -2.69. The Bertz CT molecular complexity index is 614. The molecule has 0 unspecified atom stereocenters. The molecule has 0 spiro atoms. The zero-order chi connectivity index (χ0) is 14.4. The molecule has 0 aliphatic rings. The van der Waals surface area contributed by atoms with Gasteiger partial charge in [0.2, 0.25) is 5.91 Å². The summed E-state index contributed by atoms with van der Waals surface area (Å²) in [5.74, 6) is -1.22. The first-order valence-electron chi connectivity index (χ1n) is 6.04. The van der Waals surface area contributed by atoms with Crippen molar-refractivity contribution in [1.29, 1.82) is 0 Å². The highest BCUT2D eigenvalue weighted by molar-refractivity contribution is 5.95. The molecule has 5 heteroatoms. The smallest absolute Gasteiger partial charge is 0.269 e. The lowest BCUT2D eigenvalue weighted by molar-refractivity contribution is -0.121. The summed E-state index contributed by atoms with van der Waals surface area (Å²) in [6, 6.07) is 14.3. The first-order valence-corrected chi connectivity index (χ1v) is 6.04. The molecular weight excluding hydrogens is 259 g/mol. The van der Waals surface area contributed by atoms with Crippen LogP contribution in [0.4, 0.5) is 4.39 Å². The van der Waals surface area contributed by atoms with Crippen LogP contribution in [0, 0.1) is 5.82 Å². The molecule has 0 saturated carbocycles. The Kier molecular flexibility index (Phi) is 4.44. The number of hydrazine groups is 1. The van der Waals surface area contributed by atoms with Gasteiger partial charge in [-0.3, -0.25) is 20.4 Å². The number of carbonyl (C=O) groups is 2. The van der Waals surface area contributed by atoms with Crippen LogP contribution in [-0.4, -0.2) is 11.8 Å². The van der Waals surface area contributed by atoms with Gasteiger partial charge in [0.1, 0.15) is 5.82 Å². The summed E-state index contributed by atoms with van der Waals surface area (Å²) in [5.41, 5.74) is 5.57. The minimum atomic E-state index is -0.417. The number of carbonyl (C=O) groups excluding carboxylic acids is 2. The van der Waals surface area contributed by atoms with Crippen LogP contribution >= 0.6 is 0 Å². The van der Waals surface area contributed by atoms with Gasteiger partial charge in [0.15, 0.2) is 0 Å². The number of rotatable bonds is 3. The molecule has 2 amide bonds. The van der Waals surface area contributed by atoms with Crippen LogP contribution in [0.2, 0.25) is 0 Å². The quantitative estimate of drug-likeness (QED) is 0.837. The molecule has 0 bridgehead atoms. The van der Waals surface area contributed by atoms with Crippen LogP contribution in [0.3, 0.4) is 0 Å². The average molecular weight is 272 g/mol. The van der Waals surface area contributed by atoms with Crippen LogP contribution in [0.5, 0.6) is 0 Å².